The van der Waals surface area contributed by atoms with Gasteiger partial charge in [0.25, 0.3) is 0 Å². The largest absolute Gasteiger partial charge is 0.489 e. The van der Waals surface area contributed by atoms with Crippen LogP contribution in [0.4, 0.5) is 5.69 Å². The van der Waals surface area contributed by atoms with Gasteiger partial charge in [0, 0.05) is 28.0 Å². The normalized spacial score (nSPS) is 26.6. The van der Waals surface area contributed by atoms with E-state index in [1.165, 1.54) is 5.56 Å². The van der Waals surface area contributed by atoms with Crippen LogP contribution >= 0.6 is 35.0 Å². The van der Waals surface area contributed by atoms with Gasteiger partial charge in [0.05, 0.1) is 16.8 Å². The lowest BCUT2D eigenvalue weighted by Crippen LogP contribution is -2.31. The van der Waals surface area contributed by atoms with E-state index in [2.05, 4.69) is 41.7 Å². The van der Waals surface area contributed by atoms with Gasteiger partial charge in [-0.2, -0.15) is 11.8 Å². The summed E-state index contributed by atoms with van der Waals surface area (Å²) in [6, 6.07) is 12.5. The van der Waals surface area contributed by atoms with E-state index in [9.17, 15) is 0 Å². The Morgan fingerprint density at radius 2 is 1.77 bits per heavy atom. The third kappa shape index (κ3) is 2.81. The van der Waals surface area contributed by atoms with Gasteiger partial charge in [0.1, 0.15) is 11.9 Å². The third-order valence-electron chi connectivity index (χ3n) is 5.57. The summed E-state index contributed by atoms with van der Waals surface area (Å²) < 4.78 is 5.98. The molecule has 0 spiro atoms. The molecule has 1 fully saturated rings. The summed E-state index contributed by atoms with van der Waals surface area (Å²) in [7, 11) is 0. The topological polar surface area (TPSA) is 21.3 Å². The molecule has 1 N–H and O–H groups in total. The second-order valence-electron chi connectivity index (χ2n) is 7.14. The van der Waals surface area contributed by atoms with Crippen molar-refractivity contribution in [2.24, 2.45) is 5.92 Å². The lowest BCUT2D eigenvalue weighted by atomic mass is 9.77. The van der Waals surface area contributed by atoms with Crippen molar-refractivity contribution < 1.29 is 4.74 Å². The molecule has 1 saturated heterocycles. The summed E-state index contributed by atoms with van der Waals surface area (Å²) in [6.45, 7) is 0. The predicted octanol–water partition coefficient (Wildman–Crippen LogP) is 6.31. The number of halogens is 2. The Balaban J connectivity index is 1.46. The lowest BCUT2D eigenvalue weighted by Gasteiger charge is -2.38. The van der Waals surface area contributed by atoms with Gasteiger partial charge in [-0.15, -0.1) is 0 Å². The number of benzene rings is 2. The van der Waals surface area contributed by atoms with Crippen LogP contribution in [0.25, 0.3) is 0 Å². The van der Waals surface area contributed by atoms with Crippen LogP contribution < -0.4 is 10.1 Å². The highest BCUT2D eigenvalue weighted by molar-refractivity contribution is 8.00. The second-order valence-corrected chi connectivity index (χ2v) is 9.03. The van der Waals surface area contributed by atoms with Crippen molar-refractivity contribution in [2.45, 2.75) is 24.5 Å². The van der Waals surface area contributed by atoms with Crippen LogP contribution in [0.15, 0.2) is 48.6 Å². The summed E-state index contributed by atoms with van der Waals surface area (Å²) in [5, 5.41) is 5.20. The summed E-state index contributed by atoms with van der Waals surface area (Å²) in [6.07, 6.45) is 5.96. The molecular weight excluding hydrogens is 385 g/mol. The van der Waals surface area contributed by atoms with E-state index in [0.717, 1.165) is 45.0 Å². The van der Waals surface area contributed by atoms with E-state index < -0.39 is 0 Å². The summed E-state index contributed by atoms with van der Waals surface area (Å²) >= 11 is 14.9. The molecule has 2 aromatic carbocycles. The predicted molar refractivity (Wildman–Crippen MR) is 111 cm³/mol. The van der Waals surface area contributed by atoms with E-state index >= 15 is 0 Å². The maximum Gasteiger partial charge on any atom is 0.119 e. The summed E-state index contributed by atoms with van der Waals surface area (Å²) in [4.78, 5) is 0. The molecule has 0 radical (unpaired) electrons. The molecule has 5 rings (SSSR count). The van der Waals surface area contributed by atoms with Gasteiger partial charge in [-0.3, -0.25) is 0 Å². The second kappa shape index (κ2) is 6.70. The zero-order chi connectivity index (χ0) is 17.7. The van der Waals surface area contributed by atoms with Crippen LogP contribution in [0.5, 0.6) is 5.75 Å². The van der Waals surface area contributed by atoms with Crippen LogP contribution in [-0.2, 0) is 0 Å². The minimum absolute atomic E-state index is 0.215. The number of nitrogens with one attached hydrogen (secondary N) is 1. The van der Waals surface area contributed by atoms with Crippen molar-refractivity contribution in [3.8, 4) is 5.75 Å². The number of fused-ring (bicyclic) bond motifs is 3. The van der Waals surface area contributed by atoms with Crippen molar-refractivity contribution in [1.29, 1.82) is 0 Å². The lowest BCUT2D eigenvalue weighted by molar-refractivity contribution is 0.240. The van der Waals surface area contributed by atoms with Crippen molar-refractivity contribution in [3.05, 3.63) is 69.7 Å². The van der Waals surface area contributed by atoms with Gasteiger partial charge in [0.15, 0.2) is 0 Å². The molecule has 3 unspecified atom stereocenters. The van der Waals surface area contributed by atoms with Gasteiger partial charge in [0.2, 0.25) is 0 Å². The quantitative estimate of drug-likeness (QED) is 0.606. The average Bonchev–Trinajstić information content (AvgIpc) is 3.10. The molecule has 2 aliphatic heterocycles. The highest BCUT2D eigenvalue weighted by atomic mass is 35.5. The Hall–Kier alpha value is -1.29. The van der Waals surface area contributed by atoms with Crippen LogP contribution in [-0.4, -0.2) is 17.6 Å². The first-order valence-electron chi connectivity index (χ1n) is 8.96. The number of thioether (sulfide) groups is 1. The molecule has 1 aliphatic carbocycles. The number of allylic oxidation sites excluding steroid dienone is 2. The van der Waals surface area contributed by atoms with Crippen molar-refractivity contribution in [2.75, 3.05) is 16.8 Å². The van der Waals surface area contributed by atoms with Gasteiger partial charge in [-0.05, 0) is 42.2 Å². The minimum Gasteiger partial charge on any atom is -0.489 e. The fraction of sp³-hybridized carbons (Fsp3) is 0.333. The molecule has 3 atom stereocenters. The number of hydrogen-bond acceptors (Lipinski definition) is 3. The molecule has 0 aromatic heterocycles. The first kappa shape index (κ1) is 16.9. The van der Waals surface area contributed by atoms with Crippen LogP contribution in [0.2, 0.25) is 10.0 Å². The molecule has 5 heteroatoms. The van der Waals surface area contributed by atoms with Gasteiger partial charge in [-0.1, -0.05) is 47.5 Å². The molecule has 26 heavy (non-hydrogen) atoms. The Kier molecular flexibility index (Phi) is 4.35. The standard InChI is InChI=1S/C21H19Cl2NOS/c22-17-8-9-18(23)21-19(17)15-2-1-3-16(15)20(24-21)12-4-6-13(7-5-12)25-14-10-26-11-14/h1-2,4-9,14-16,20,24H,3,10-11H2. The molecule has 2 aromatic rings. The Morgan fingerprint density at radius 1 is 1.00 bits per heavy atom. The fourth-order valence-corrected chi connectivity index (χ4v) is 5.25. The van der Waals surface area contributed by atoms with Gasteiger partial charge in [-0.25, -0.2) is 0 Å². The Bertz CT molecular complexity index is 863. The molecule has 2 heterocycles. The van der Waals surface area contributed by atoms with E-state index in [0.29, 0.717) is 17.9 Å². The Morgan fingerprint density at radius 3 is 2.50 bits per heavy atom. The van der Waals surface area contributed by atoms with Crippen LogP contribution in [0, 0.1) is 5.92 Å². The molecular formula is C21H19Cl2NOS. The molecule has 0 bridgehead atoms. The smallest absolute Gasteiger partial charge is 0.119 e. The maximum absolute atomic E-state index is 6.51. The number of anilines is 1. The van der Waals surface area contributed by atoms with Gasteiger partial charge < -0.3 is 10.1 Å². The minimum atomic E-state index is 0.215. The maximum atomic E-state index is 6.51. The summed E-state index contributed by atoms with van der Waals surface area (Å²) in [5.41, 5.74) is 3.38. The van der Waals surface area contributed by atoms with Crippen molar-refractivity contribution >= 4 is 40.7 Å². The highest BCUT2D eigenvalue weighted by Gasteiger charge is 2.39. The van der Waals surface area contributed by atoms with Gasteiger partial charge >= 0.3 is 0 Å². The van der Waals surface area contributed by atoms with Crippen molar-refractivity contribution in [1.82, 2.24) is 0 Å². The molecule has 134 valence electrons. The zero-order valence-electron chi connectivity index (χ0n) is 14.1. The molecule has 0 saturated carbocycles. The third-order valence-corrected chi connectivity index (χ3v) is 7.42. The van der Waals surface area contributed by atoms with Crippen LogP contribution in [0.1, 0.15) is 29.5 Å². The number of ether oxygens (including phenoxy) is 1. The SMILES string of the molecule is Clc1ccc(Cl)c2c1NC(c1ccc(OC3CSC3)cc1)C1CC=CC21. The fourth-order valence-electron chi connectivity index (χ4n) is 4.19. The first-order chi connectivity index (χ1) is 12.7. The Labute approximate surface area is 167 Å². The average molecular weight is 404 g/mol. The van der Waals surface area contributed by atoms with Crippen LogP contribution in [0.3, 0.4) is 0 Å². The van der Waals surface area contributed by atoms with E-state index in [-0.39, 0.29) is 6.04 Å². The van der Waals surface area contributed by atoms with E-state index in [1.54, 1.807) is 0 Å². The molecule has 2 nitrogen and oxygen atoms in total. The zero-order valence-corrected chi connectivity index (χ0v) is 16.5. The number of hydrogen-bond donors (Lipinski definition) is 1. The van der Waals surface area contributed by atoms with Crippen molar-refractivity contribution in [3.63, 3.8) is 0 Å². The highest BCUT2D eigenvalue weighted by Crippen LogP contribution is 2.53. The molecule has 0 amide bonds. The molecule has 3 aliphatic rings. The monoisotopic (exact) mass is 403 g/mol. The first-order valence-corrected chi connectivity index (χ1v) is 10.9. The van der Waals surface area contributed by atoms with E-state index in [4.69, 9.17) is 27.9 Å². The number of rotatable bonds is 3. The van der Waals surface area contributed by atoms with E-state index in [1.807, 2.05) is 23.9 Å². The summed E-state index contributed by atoms with van der Waals surface area (Å²) in [5.74, 6) is 3.91.